The van der Waals surface area contributed by atoms with Gasteiger partial charge in [0.1, 0.15) is 0 Å². The minimum atomic E-state index is -3.58. The zero-order valence-electron chi connectivity index (χ0n) is 13.4. The van der Waals surface area contributed by atoms with E-state index in [2.05, 4.69) is 26.9 Å². The molecule has 1 aliphatic carbocycles. The van der Waals surface area contributed by atoms with E-state index in [0.717, 1.165) is 25.7 Å². The lowest BCUT2D eigenvalue weighted by molar-refractivity contribution is -0.121. The van der Waals surface area contributed by atoms with Gasteiger partial charge in [-0.15, -0.1) is 0 Å². The van der Waals surface area contributed by atoms with Gasteiger partial charge in [0.2, 0.25) is 5.91 Å². The van der Waals surface area contributed by atoms with Gasteiger partial charge in [0.05, 0.1) is 6.54 Å². The number of carbonyl (C=O) groups excluding carboxylic acids is 1. The highest BCUT2D eigenvalue weighted by Gasteiger charge is 2.26. The van der Waals surface area contributed by atoms with Crippen LogP contribution >= 0.6 is 0 Å². The smallest absolute Gasteiger partial charge is 0.277 e. The van der Waals surface area contributed by atoms with Gasteiger partial charge in [-0.3, -0.25) is 4.79 Å². The van der Waals surface area contributed by atoms with Crippen molar-refractivity contribution in [1.29, 1.82) is 0 Å². The molecule has 3 N–H and O–H groups in total. The van der Waals surface area contributed by atoms with E-state index in [1.165, 1.54) is 19.0 Å². The fraction of sp³-hybridized carbons (Fsp3) is 0.562. The van der Waals surface area contributed by atoms with Gasteiger partial charge in [0.25, 0.3) is 10.2 Å². The quantitative estimate of drug-likeness (QED) is 0.691. The van der Waals surface area contributed by atoms with Crippen molar-refractivity contribution in [1.82, 2.24) is 14.8 Å². The van der Waals surface area contributed by atoms with Crippen LogP contribution in [0, 0.1) is 5.92 Å². The van der Waals surface area contributed by atoms with Gasteiger partial charge in [-0.05, 0) is 30.7 Å². The fourth-order valence-corrected chi connectivity index (χ4v) is 3.51. The zero-order chi connectivity index (χ0) is 16.7. The van der Waals surface area contributed by atoms with Gasteiger partial charge in [0, 0.05) is 13.1 Å². The number of amides is 1. The summed E-state index contributed by atoms with van der Waals surface area (Å²) in [6, 6.07) is 10.4. The first-order valence-corrected chi connectivity index (χ1v) is 9.50. The van der Waals surface area contributed by atoms with E-state index in [1.54, 1.807) is 0 Å². The minimum Gasteiger partial charge on any atom is -0.352 e. The van der Waals surface area contributed by atoms with Crippen LogP contribution in [0.15, 0.2) is 30.3 Å². The molecule has 1 aromatic rings. The predicted molar refractivity (Wildman–Crippen MR) is 90.0 cm³/mol. The number of nitrogens with one attached hydrogen (secondary N) is 3. The summed E-state index contributed by atoms with van der Waals surface area (Å²) in [6.07, 6.45) is 5.24. The van der Waals surface area contributed by atoms with E-state index in [0.29, 0.717) is 5.92 Å². The molecule has 1 saturated carbocycles. The summed E-state index contributed by atoms with van der Waals surface area (Å²) < 4.78 is 26.9. The first-order chi connectivity index (χ1) is 11.0. The van der Waals surface area contributed by atoms with Crippen molar-refractivity contribution in [3.05, 3.63) is 35.9 Å². The molecule has 1 aromatic carbocycles. The lowest BCUT2D eigenvalue weighted by Crippen LogP contribution is -2.48. The topological polar surface area (TPSA) is 87.3 Å². The Morgan fingerprint density at radius 1 is 1.17 bits per heavy atom. The van der Waals surface area contributed by atoms with Gasteiger partial charge in [0.15, 0.2) is 0 Å². The molecule has 0 radical (unpaired) electrons. The van der Waals surface area contributed by atoms with Crippen molar-refractivity contribution >= 4 is 16.1 Å². The Kier molecular flexibility index (Phi) is 6.56. The maximum absolute atomic E-state index is 12.0. The van der Waals surface area contributed by atoms with Gasteiger partial charge in [-0.25, -0.2) is 4.72 Å². The van der Waals surface area contributed by atoms with Crippen molar-refractivity contribution in [2.75, 3.05) is 13.6 Å². The second kappa shape index (κ2) is 8.42. The summed E-state index contributed by atoms with van der Waals surface area (Å²) in [5, 5.41) is 2.99. The Labute approximate surface area is 138 Å². The molecular weight excluding hydrogens is 314 g/mol. The molecule has 7 heteroatoms. The van der Waals surface area contributed by atoms with Gasteiger partial charge in [-0.2, -0.15) is 13.1 Å². The van der Waals surface area contributed by atoms with E-state index in [1.807, 2.05) is 18.2 Å². The first kappa shape index (κ1) is 17.9. The number of carbonyl (C=O) groups is 1. The van der Waals surface area contributed by atoms with Gasteiger partial charge >= 0.3 is 0 Å². The van der Waals surface area contributed by atoms with Crippen LogP contribution in [0.3, 0.4) is 0 Å². The maximum atomic E-state index is 12.0. The third-order valence-electron chi connectivity index (χ3n) is 4.29. The Hall–Kier alpha value is -1.44. The lowest BCUT2D eigenvalue weighted by atomic mass is 9.80. The van der Waals surface area contributed by atoms with Gasteiger partial charge in [-0.1, -0.05) is 43.2 Å². The van der Waals surface area contributed by atoms with Crippen LogP contribution in [-0.2, 0) is 21.4 Å². The number of benzene rings is 1. The molecule has 2 rings (SSSR count). The Balaban J connectivity index is 1.89. The molecule has 0 aliphatic heterocycles. The molecule has 128 valence electrons. The molecule has 1 amide bonds. The van der Waals surface area contributed by atoms with E-state index < -0.39 is 10.2 Å². The number of hydrogen-bond acceptors (Lipinski definition) is 3. The second-order valence-corrected chi connectivity index (χ2v) is 7.64. The van der Waals surface area contributed by atoms with Crippen molar-refractivity contribution in [2.45, 2.75) is 38.1 Å². The molecule has 1 fully saturated rings. The normalized spacial score (nSPS) is 21.8. The van der Waals surface area contributed by atoms with Gasteiger partial charge < -0.3 is 5.32 Å². The summed E-state index contributed by atoms with van der Waals surface area (Å²) in [7, 11) is -2.28. The molecule has 0 aromatic heterocycles. The van der Waals surface area contributed by atoms with Crippen LogP contribution in [0.2, 0.25) is 0 Å². The van der Waals surface area contributed by atoms with E-state index in [4.69, 9.17) is 0 Å². The summed E-state index contributed by atoms with van der Waals surface area (Å²) in [5.41, 5.74) is 1.27. The highest BCUT2D eigenvalue weighted by atomic mass is 32.2. The molecule has 0 heterocycles. The van der Waals surface area contributed by atoms with Crippen LogP contribution in [0.25, 0.3) is 0 Å². The number of rotatable bonds is 7. The summed E-state index contributed by atoms with van der Waals surface area (Å²) >= 11 is 0. The third kappa shape index (κ3) is 5.93. The summed E-state index contributed by atoms with van der Waals surface area (Å²) in [6.45, 7) is -0.238. The SMILES string of the molecule is CNS(=O)(=O)NCC(=O)N[C@H]1CCCC[C@H]1Cc1ccccc1. The Morgan fingerprint density at radius 3 is 2.57 bits per heavy atom. The standard InChI is InChI=1S/C16H25N3O3S/c1-17-23(21,22)18-12-16(20)19-15-10-6-5-9-14(15)11-13-7-3-2-4-8-13/h2-4,7-8,14-15,17-18H,5-6,9-12H2,1H3,(H,19,20)/t14-,15-/m0/s1. The highest BCUT2D eigenvalue weighted by molar-refractivity contribution is 7.87. The van der Waals surface area contributed by atoms with Crippen molar-refractivity contribution in [2.24, 2.45) is 5.92 Å². The van der Waals surface area contributed by atoms with Crippen LogP contribution in [0.1, 0.15) is 31.2 Å². The van der Waals surface area contributed by atoms with Crippen LogP contribution in [0.4, 0.5) is 0 Å². The molecule has 1 aliphatic rings. The Bertz CT molecular complexity index is 604. The molecule has 0 bridgehead atoms. The fourth-order valence-electron chi connectivity index (χ4n) is 3.05. The molecule has 0 unspecified atom stereocenters. The molecule has 0 spiro atoms. The van der Waals surface area contributed by atoms with Crippen molar-refractivity contribution in [3.63, 3.8) is 0 Å². The van der Waals surface area contributed by atoms with Crippen molar-refractivity contribution < 1.29 is 13.2 Å². The van der Waals surface area contributed by atoms with Crippen LogP contribution in [0.5, 0.6) is 0 Å². The average molecular weight is 339 g/mol. The second-order valence-electron chi connectivity index (χ2n) is 5.94. The molecule has 23 heavy (non-hydrogen) atoms. The predicted octanol–water partition coefficient (Wildman–Crippen LogP) is 0.958. The van der Waals surface area contributed by atoms with E-state index >= 15 is 0 Å². The van der Waals surface area contributed by atoms with E-state index in [9.17, 15) is 13.2 Å². The molecule has 6 nitrogen and oxygen atoms in total. The average Bonchev–Trinajstić information content (AvgIpc) is 2.56. The first-order valence-electron chi connectivity index (χ1n) is 8.01. The summed E-state index contributed by atoms with van der Waals surface area (Å²) in [4.78, 5) is 12.0. The minimum absolute atomic E-state index is 0.107. The van der Waals surface area contributed by atoms with E-state index in [-0.39, 0.29) is 18.5 Å². The largest absolute Gasteiger partial charge is 0.352 e. The van der Waals surface area contributed by atoms with Crippen LogP contribution < -0.4 is 14.8 Å². The van der Waals surface area contributed by atoms with Crippen molar-refractivity contribution in [3.8, 4) is 0 Å². The number of hydrogen-bond donors (Lipinski definition) is 3. The Morgan fingerprint density at radius 2 is 1.87 bits per heavy atom. The maximum Gasteiger partial charge on any atom is 0.277 e. The highest BCUT2D eigenvalue weighted by Crippen LogP contribution is 2.27. The third-order valence-corrected chi connectivity index (χ3v) is 5.35. The van der Waals surface area contributed by atoms with Crippen LogP contribution in [-0.4, -0.2) is 34.0 Å². The monoisotopic (exact) mass is 339 g/mol. The summed E-state index contributed by atoms with van der Waals surface area (Å²) in [5.74, 6) is 0.116. The zero-order valence-corrected chi connectivity index (χ0v) is 14.2. The lowest BCUT2D eigenvalue weighted by Gasteiger charge is -2.32. The molecule has 2 atom stereocenters. The molecule has 0 saturated heterocycles. The molecular formula is C16H25N3O3S.